The van der Waals surface area contributed by atoms with E-state index in [1.54, 1.807) is 0 Å². The quantitative estimate of drug-likeness (QED) is 0.819. The molecule has 104 valence electrons. The van der Waals surface area contributed by atoms with E-state index < -0.39 is 15.8 Å². The van der Waals surface area contributed by atoms with Gasteiger partial charge >= 0.3 is 0 Å². The van der Waals surface area contributed by atoms with Crippen LogP contribution < -0.4 is 4.72 Å². The molecule has 0 aromatic carbocycles. The highest BCUT2D eigenvalue weighted by Crippen LogP contribution is 2.21. The van der Waals surface area contributed by atoms with E-state index in [-0.39, 0.29) is 16.6 Å². The molecule has 0 spiro atoms. The Morgan fingerprint density at radius 3 is 2.90 bits per heavy atom. The fraction of sp³-hybridized carbons (Fsp3) is 0.0909. The fourth-order valence-corrected chi connectivity index (χ4v) is 3.12. The van der Waals surface area contributed by atoms with Gasteiger partial charge in [0.15, 0.2) is 5.13 Å². The summed E-state index contributed by atoms with van der Waals surface area (Å²) in [5, 5.41) is 8.65. The molecule has 0 radical (unpaired) electrons. The Kier molecular flexibility index (Phi) is 4.29. The van der Waals surface area contributed by atoms with Crippen molar-refractivity contribution in [3.05, 3.63) is 35.4 Å². The highest BCUT2D eigenvalue weighted by molar-refractivity contribution is 7.93. The van der Waals surface area contributed by atoms with Crippen LogP contribution in [0.4, 0.5) is 9.52 Å². The lowest BCUT2D eigenvalue weighted by atomic mass is 10.5. The van der Waals surface area contributed by atoms with Gasteiger partial charge in [-0.1, -0.05) is 23.2 Å². The van der Waals surface area contributed by atoms with E-state index in [4.69, 9.17) is 5.11 Å². The Morgan fingerprint density at radius 1 is 1.40 bits per heavy atom. The number of anilines is 1. The highest BCUT2D eigenvalue weighted by atomic mass is 32.2. The number of rotatable bonds is 3. The molecule has 0 aliphatic rings. The number of aliphatic hydroxyl groups excluding tert-OH is 1. The maximum atomic E-state index is 13.0. The second kappa shape index (κ2) is 5.96. The van der Waals surface area contributed by atoms with E-state index in [1.165, 1.54) is 6.20 Å². The molecule has 0 saturated carbocycles. The molecule has 2 rings (SSSR count). The average Bonchev–Trinajstić information content (AvgIpc) is 2.83. The number of pyridine rings is 1. The number of aliphatic hydroxyl groups is 1. The van der Waals surface area contributed by atoms with E-state index in [0.717, 1.165) is 29.8 Å². The van der Waals surface area contributed by atoms with Crippen LogP contribution in [-0.4, -0.2) is 30.1 Å². The lowest BCUT2D eigenvalue weighted by Gasteiger charge is -2.03. The van der Waals surface area contributed by atoms with Crippen molar-refractivity contribution in [1.82, 2.24) is 9.97 Å². The SMILES string of the molecule is O=S(=O)(Nc1ncc(C#CCO)s1)c1cncc(F)c1. The van der Waals surface area contributed by atoms with E-state index in [9.17, 15) is 12.8 Å². The van der Waals surface area contributed by atoms with Crippen molar-refractivity contribution < 1.29 is 17.9 Å². The molecule has 0 fully saturated rings. The molecular formula is C11H8FN3O3S2. The molecular weight excluding hydrogens is 305 g/mol. The molecule has 0 saturated heterocycles. The molecule has 0 aliphatic heterocycles. The largest absolute Gasteiger partial charge is 0.384 e. The zero-order chi connectivity index (χ0) is 14.6. The third kappa shape index (κ3) is 3.51. The van der Waals surface area contributed by atoms with Gasteiger partial charge in [0.05, 0.1) is 17.3 Å². The second-order valence-corrected chi connectivity index (χ2v) is 6.15. The van der Waals surface area contributed by atoms with Gasteiger partial charge in [0.2, 0.25) is 0 Å². The summed E-state index contributed by atoms with van der Waals surface area (Å²) in [7, 11) is -3.95. The van der Waals surface area contributed by atoms with Gasteiger partial charge in [0.1, 0.15) is 17.3 Å². The van der Waals surface area contributed by atoms with Crippen molar-refractivity contribution in [3.8, 4) is 11.8 Å². The monoisotopic (exact) mass is 313 g/mol. The number of halogens is 1. The average molecular weight is 313 g/mol. The van der Waals surface area contributed by atoms with Crippen molar-refractivity contribution in [2.45, 2.75) is 4.90 Å². The minimum absolute atomic E-state index is 0.0940. The van der Waals surface area contributed by atoms with Crippen LogP contribution in [0.2, 0.25) is 0 Å². The van der Waals surface area contributed by atoms with Crippen molar-refractivity contribution in [1.29, 1.82) is 0 Å². The third-order valence-corrected chi connectivity index (χ3v) is 4.27. The molecule has 20 heavy (non-hydrogen) atoms. The predicted octanol–water partition coefficient (Wildman–Crippen LogP) is 0.822. The maximum absolute atomic E-state index is 13.0. The highest BCUT2D eigenvalue weighted by Gasteiger charge is 2.17. The topological polar surface area (TPSA) is 92.2 Å². The van der Waals surface area contributed by atoms with Crippen LogP contribution >= 0.6 is 11.3 Å². The summed E-state index contributed by atoms with van der Waals surface area (Å²) in [5.41, 5.74) is 0. The number of hydrogen-bond acceptors (Lipinski definition) is 6. The normalized spacial score (nSPS) is 10.7. The lowest BCUT2D eigenvalue weighted by Crippen LogP contribution is -2.13. The van der Waals surface area contributed by atoms with Gasteiger partial charge < -0.3 is 5.11 Å². The lowest BCUT2D eigenvalue weighted by molar-refractivity contribution is 0.350. The molecule has 0 amide bonds. The van der Waals surface area contributed by atoms with E-state index in [1.807, 2.05) is 0 Å². The Balaban J connectivity index is 2.22. The smallest absolute Gasteiger partial charge is 0.265 e. The number of aromatic nitrogens is 2. The molecule has 2 heterocycles. The van der Waals surface area contributed by atoms with Gasteiger partial charge in [0, 0.05) is 6.20 Å². The zero-order valence-electron chi connectivity index (χ0n) is 9.87. The molecule has 2 aromatic heterocycles. The first-order valence-corrected chi connectivity index (χ1v) is 7.50. The molecule has 0 aliphatic carbocycles. The number of thiazole rings is 1. The minimum Gasteiger partial charge on any atom is -0.384 e. The first-order valence-electron chi connectivity index (χ1n) is 5.20. The number of nitrogens with zero attached hydrogens (tertiary/aromatic N) is 2. The van der Waals surface area contributed by atoms with E-state index in [2.05, 4.69) is 26.5 Å². The Hall–Kier alpha value is -2.02. The van der Waals surface area contributed by atoms with Crippen LogP contribution in [0.3, 0.4) is 0 Å². The van der Waals surface area contributed by atoms with Crippen LogP contribution in [0.15, 0.2) is 29.6 Å². The molecule has 6 nitrogen and oxygen atoms in total. The number of sulfonamides is 1. The van der Waals surface area contributed by atoms with E-state index >= 15 is 0 Å². The molecule has 0 unspecified atom stereocenters. The summed E-state index contributed by atoms with van der Waals surface area (Å²) in [6.07, 6.45) is 3.31. The van der Waals surface area contributed by atoms with Gasteiger partial charge in [-0.15, -0.1) is 0 Å². The third-order valence-electron chi connectivity index (χ3n) is 2.01. The molecule has 9 heteroatoms. The van der Waals surface area contributed by atoms with Crippen LogP contribution in [0, 0.1) is 17.7 Å². The van der Waals surface area contributed by atoms with Crippen LogP contribution in [0.25, 0.3) is 0 Å². The summed E-state index contributed by atoms with van der Waals surface area (Å²) in [6, 6.07) is 0.857. The summed E-state index contributed by atoms with van der Waals surface area (Å²) >= 11 is 0.998. The number of hydrogen-bond donors (Lipinski definition) is 2. The summed E-state index contributed by atoms with van der Waals surface area (Å²) in [6.45, 7) is -0.298. The summed E-state index contributed by atoms with van der Waals surface area (Å²) in [4.78, 5) is 7.51. The summed E-state index contributed by atoms with van der Waals surface area (Å²) < 4.78 is 39.1. The minimum atomic E-state index is -3.95. The Labute approximate surface area is 118 Å². The van der Waals surface area contributed by atoms with Crippen LogP contribution in [-0.2, 0) is 10.0 Å². The molecule has 0 atom stereocenters. The van der Waals surface area contributed by atoms with Crippen LogP contribution in [0.5, 0.6) is 0 Å². The van der Waals surface area contributed by atoms with Crippen molar-refractivity contribution in [2.24, 2.45) is 0 Å². The first-order chi connectivity index (χ1) is 9.51. The van der Waals surface area contributed by atoms with Gasteiger partial charge in [-0.05, 0) is 6.07 Å². The summed E-state index contributed by atoms with van der Waals surface area (Å²) in [5.74, 6) is 4.27. The Morgan fingerprint density at radius 2 is 2.20 bits per heavy atom. The predicted molar refractivity (Wildman–Crippen MR) is 71.1 cm³/mol. The van der Waals surface area contributed by atoms with Gasteiger partial charge in [-0.2, -0.15) is 0 Å². The van der Waals surface area contributed by atoms with Gasteiger partial charge in [0.25, 0.3) is 10.0 Å². The van der Waals surface area contributed by atoms with Crippen molar-refractivity contribution in [3.63, 3.8) is 0 Å². The van der Waals surface area contributed by atoms with Gasteiger partial charge in [-0.3, -0.25) is 9.71 Å². The standard InChI is InChI=1S/C11H8FN3O3S2/c12-8-4-10(7-13-5-8)20(17,18)15-11-14-6-9(19-11)2-1-3-16/h4-7,16H,3H2,(H,14,15). The molecule has 0 bridgehead atoms. The maximum Gasteiger partial charge on any atom is 0.265 e. The van der Waals surface area contributed by atoms with Gasteiger partial charge in [-0.25, -0.2) is 17.8 Å². The van der Waals surface area contributed by atoms with Crippen LogP contribution in [0.1, 0.15) is 4.88 Å². The number of nitrogens with one attached hydrogen (secondary N) is 1. The van der Waals surface area contributed by atoms with Crippen molar-refractivity contribution in [2.75, 3.05) is 11.3 Å². The zero-order valence-corrected chi connectivity index (χ0v) is 11.5. The molecule has 2 aromatic rings. The van der Waals surface area contributed by atoms with Crippen molar-refractivity contribution >= 4 is 26.5 Å². The first kappa shape index (κ1) is 14.4. The molecule has 2 N–H and O–H groups in total. The second-order valence-electron chi connectivity index (χ2n) is 3.43. The Bertz CT molecular complexity index is 777. The van der Waals surface area contributed by atoms with E-state index in [0.29, 0.717) is 4.88 Å². The fourth-order valence-electron chi connectivity index (χ4n) is 1.22.